The van der Waals surface area contributed by atoms with Crippen LogP contribution >= 0.6 is 0 Å². The van der Waals surface area contributed by atoms with Gasteiger partial charge in [0.05, 0.1) is 0 Å². The molecule has 2 amide bonds. The van der Waals surface area contributed by atoms with Gasteiger partial charge in [-0.2, -0.15) is 0 Å². The van der Waals surface area contributed by atoms with Gasteiger partial charge in [-0.05, 0) is 54.4 Å². The Labute approximate surface area is 169 Å². The van der Waals surface area contributed by atoms with Crippen LogP contribution in [0.3, 0.4) is 0 Å². The lowest BCUT2D eigenvalue weighted by Gasteiger charge is -2.17. The van der Waals surface area contributed by atoms with Gasteiger partial charge in [-0.25, -0.2) is 4.98 Å². The molecular weight excluding hydrogens is 366 g/mol. The third kappa shape index (κ3) is 5.87. The number of amides is 2. The first-order valence-electron chi connectivity index (χ1n) is 9.26. The Morgan fingerprint density at radius 2 is 1.76 bits per heavy atom. The lowest BCUT2D eigenvalue weighted by molar-refractivity contribution is -0.114. The predicted octanol–water partition coefficient (Wildman–Crippen LogP) is 3.49. The number of hydrogen-bond acceptors (Lipinski definition) is 5. The van der Waals surface area contributed by atoms with Crippen molar-refractivity contribution in [2.45, 2.75) is 13.3 Å². The van der Waals surface area contributed by atoms with E-state index in [9.17, 15) is 9.59 Å². The standard InChI is InChI=1S/C22H23N5O2/c1-16(28)25-19-4-3-5-20(15-19)26-21-14-18(8-12-24-21)22(29)27(2)13-9-17-6-10-23-11-7-17/h3-8,10-12,14-15H,9,13H2,1-2H3,(H,24,26)(H,25,28). The van der Waals surface area contributed by atoms with Gasteiger partial charge in [-0.3, -0.25) is 14.6 Å². The van der Waals surface area contributed by atoms with Crippen molar-refractivity contribution in [1.29, 1.82) is 0 Å². The van der Waals surface area contributed by atoms with E-state index in [0.717, 1.165) is 17.7 Å². The lowest BCUT2D eigenvalue weighted by atomic mass is 10.2. The molecule has 3 rings (SSSR count). The second kappa shape index (κ2) is 9.45. The Balaban J connectivity index is 1.65. The number of carbonyl (C=O) groups is 2. The molecule has 0 aliphatic carbocycles. The summed E-state index contributed by atoms with van der Waals surface area (Å²) in [6, 6.07) is 14.6. The third-order valence-corrected chi connectivity index (χ3v) is 4.29. The smallest absolute Gasteiger partial charge is 0.253 e. The number of likely N-dealkylation sites (N-methyl/N-ethyl adjacent to an activating group) is 1. The number of rotatable bonds is 7. The fourth-order valence-corrected chi connectivity index (χ4v) is 2.83. The summed E-state index contributed by atoms with van der Waals surface area (Å²) in [4.78, 5) is 34.0. The highest BCUT2D eigenvalue weighted by Gasteiger charge is 2.13. The fraction of sp³-hybridized carbons (Fsp3) is 0.182. The average molecular weight is 389 g/mol. The van der Waals surface area contributed by atoms with Gasteiger partial charge in [-0.1, -0.05) is 6.07 Å². The summed E-state index contributed by atoms with van der Waals surface area (Å²) < 4.78 is 0. The molecule has 0 saturated carbocycles. The molecule has 0 fully saturated rings. The maximum Gasteiger partial charge on any atom is 0.253 e. The molecule has 0 bridgehead atoms. The number of hydrogen-bond donors (Lipinski definition) is 2. The largest absolute Gasteiger partial charge is 0.341 e. The predicted molar refractivity (Wildman–Crippen MR) is 113 cm³/mol. The number of nitrogens with zero attached hydrogens (tertiary/aromatic N) is 3. The molecule has 1 aromatic carbocycles. The summed E-state index contributed by atoms with van der Waals surface area (Å²) in [7, 11) is 1.79. The first kappa shape index (κ1) is 20.0. The summed E-state index contributed by atoms with van der Waals surface area (Å²) >= 11 is 0. The quantitative estimate of drug-likeness (QED) is 0.646. The molecule has 0 unspecified atom stereocenters. The van der Waals surface area contributed by atoms with Crippen LogP contribution < -0.4 is 10.6 Å². The third-order valence-electron chi connectivity index (χ3n) is 4.29. The molecule has 0 radical (unpaired) electrons. The molecule has 29 heavy (non-hydrogen) atoms. The monoisotopic (exact) mass is 389 g/mol. The Morgan fingerprint density at radius 3 is 2.52 bits per heavy atom. The Morgan fingerprint density at radius 1 is 1.00 bits per heavy atom. The second-order valence-corrected chi connectivity index (χ2v) is 6.65. The van der Waals surface area contributed by atoms with Crippen molar-refractivity contribution in [3.63, 3.8) is 0 Å². The Bertz CT molecular complexity index is 991. The van der Waals surface area contributed by atoms with E-state index in [1.807, 2.05) is 24.3 Å². The minimum atomic E-state index is -0.136. The van der Waals surface area contributed by atoms with Gasteiger partial charge < -0.3 is 15.5 Å². The van der Waals surface area contributed by atoms with Crippen molar-refractivity contribution in [3.05, 3.63) is 78.2 Å². The highest BCUT2D eigenvalue weighted by Crippen LogP contribution is 2.20. The van der Waals surface area contributed by atoms with Crippen LogP contribution in [0.5, 0.6) is 0 Å². The van der Waals surface area contributed by atoms with E-state index >= 15 is 0 Å². The van der Waals surface area contributed by atoms with Crippen molar-refractivity contribution < 1.29 is 9.59 Å². The minimum absolute atomic E-state index is 0.0727. The van der Waals surface area contributed by atoms with E-state index < -0.39 is 0 Å². The van der Waals surface area contributed by atoms with Crippen LogP contribution in [0.1, 0.15) is 22.8 Å². The van der Waals surface area contributed by atoms with Gasteiger partial charge in [0.2, 0.25) is 5.91 Å². The highest BCUT2D eigenvalue weighted by atomic mass is 16.2. The zero-order valence-electron chi connectivity index (χ0n) is 16.4. The molecule has 0 spiro atoms. The van der Waals surface area contributed by atoms with Gasteiger partial charge >= 0.3 is 0 Å². The number of aromatic nitrogens is 2. The molecular formula is C22H23N5O2. The molecule has 7 nitrogen and oxygen atoms in total. The maximum absolute atomic E-state index is 12.8. The maximum atomic E-state index is 12.8. The van der Waals surface area contributed by atoms with Crippen molar-refractivity contribution in [1.82, 2.24) is 14.9 Å². The van der Waals surface area contributed by atoms with Crippen molar-refractivity contribution in [2.75, 3.05) is 24.2 Å². The van der Waals surface area contributed by atoms with Gasteiger partial charge in [0.25, 0.3) is 5.91 Å². The molecule has 7 heteroatoms. The van der Waals surface area contributed by atoms with Crippen LogP contribution in [-0.4, -0.2) is 40.3 Å². The van der Waals surface area contributed by atoms with E-state index in [4.69, 9.17) is 0 Å². The fourth-order valence-electron chi connectivity index (χ4n) is 2.83. The summed E-state index contributed by atoms with van der Waals surface area (Å²) in [5.74, 6) is 0.345. The summed E-state index contributed by atoms with van der Waals surface area (Å²) in [5.41, 5.74) is 3.14. The van der Waals surface area contributed by atoms with E-state index in [1.165, 1.54) is 6.92 Å². The Hall–Kier alpha value is -3.74. The summed E-state index contributed by atoms with van der Waals surface area (Å²) in [6.45, 7) is 2.06. The van der Waals surface area contributed by atoms with Crippen LogP contribution in [0.25, 0.3) is 0 Å². The van der Waals surface area contributed by atoms with Crippen LogP contribution in [0.4, 0.5) is 17.2 Å². The molecule has 0 atom stereocenters. The number of nitrogens with one attached hydrogen (secondary N) is 2. The first-order chi connectivity index (χ1) is 14.0. The van der Waals surface area contributed by atoms with Crippen LogP contribution in [0.2, 0.25) is 0 Å². The van der Waals surface area contributed by atoms with E-state index in [0.29, 0.717) is 23.6 Å². The molecule has 0 aliphatic heterocycles. The average Bonchev–Trinajstić information content (AvgIpc) is 2.72. The molecule has 3 aromatic rings. The van der Waals surface area contributed by atoms with Crippen molar-refractivity contribution in [2.24, 2.45) is 0 Å². The van der Waals surface area contributed by atoms with Gasteiger partial charge in [0, 0.05) is 56.0 Å². The van der Waals surface area contributed by atoms with Crippen molar-refractivity contribution >= 4 is 29.0 Å². The number of carbonyl (C=O) groups excluding carboxylic acids is 2. The summed E-state index contributed by atoms with van der Waals surface area (Å²) in [5, 5.41) is 5.91. The molecule has 2 N–H and O–H groups in total. The van der Waals surface area contributed by atoms with Crippen LogP contribution in [-0.2, 0) is 11.2 Å². The van der Waals surface area contributed by atoms with Crippen molar-refractivity contribution in [3.8, 4) is 0 Å². The topological polar surface area (TPSA) is 87.2 Å². The van der Waals surface area contributed by atoms with Crippen LogP contribution in [0, 0.1) is 0 Å². The van der Waals surface area contributed by atoms with Gasteiger partial charge in [0.1, 0.15) is 5.82 Å². The molecule has 148 valence electrons. The zero-order valence-corrected chi connectivity index (χ0v) is 16.4. The number of pyridine rings is 2. The number of anilines is 3. The lowest BCUT2D eigenvalue weighted by Crippen LogP contribution is -2.28. The van der Waals surface area contributed by atoms with Gasteiger partial charge in [-0.15, -0.1) is 0 Å². The normalized spacial score (nSPS) is 10.3. The molecule has 2 aromatic heterocycles. The second-order valence-electron chi connectivity index (χ2n) is 6.65. The van der Waals surface area contributed by atoms with Crippen LogP contribution in [0.15, 0.2) is 67.1 Å². The highest BCUT2D eigenvalue weighted by molar-refractivity contribution is 5.95. The molecule has 2 heterocycles. The number of benzene rings is 1. The summed E-state index contributed by atoms with van der Waals surface area (Å²) in [6.07, 6.45) is 5.86. The van der Waals surface area contributed by atoms with E-state index in [1.54, 1.807) is 54.8 Å². The minimum Gasteiger partial charge on any atom is -0.341 e. The van der Waals surface area contributed by atoms with Gasteiger partial charge in [0.15, 0.2) is 0 Å². The Kier molecular flexibility index (Phi) is 6.52. The zero-order chi connectivity index (χ0) is 20.6. The van der Waals surface area contributed by atoms with E-state index in [2.05, 4.69) is 20.6 Å². The first-order valence-corrected chi connectivity index (χ1v) is 9.26. The SMILES string of the molecule is CC(=O)Nc1cccc(Nc2cc(C(=O)N(C)CCc3ccncc3)ccn2)c1. The molecule has 0 aliphatic rings. The van der Waals surface area contributed by atoms with E-state index in [-0.39, 0.29) is 11.8 Å². The molecule has 0 saturated heterocycles.